The first kappa shape index (κ1) is 15.3. The van der Waals surface area contributed by atoms with Gasteiger partial charge in [0.15, 0.2) is 11.5 Å². The first-order chi connectivity index (χ1) is 12.2. The van der Waals surface area contributed by atoms with Crippen LogP contribution in [0.3, 0.4) is 0 Å². The highest BCUT2D eigenvalue weighted by molar-refractivity contribution is 6.06. The van der Waals surface area contributed by atoms with Crippen LogP contribution in [0.4, 0.5) is 11.4 Å². The molecule has 25 heavy (non-hydrogen) atoms. The normalized spacial score (nSPS) is 15.3. The van der Waals surface area contributed by atoms with Crippen molar-refractivity contribution in [3.8, 4) is 17.2 Å². The minimum absolute atomic E-state index is 0.136. The molecule has 0 aliphatic carbocycles. The maximum absolute atomic E-state index is 12.5. The van der Waals surface area contributed by atoms with Crippen LogP contribution in [0.2, 0.25) is 0 Å². The van der Waals surface area contributed by atoms with Crippen LogP contribution in [0, 0.1) is 0 Å². The van der Waals surface area contributed by atoms with Crippen LogP contribution < -0.4 is 24.8 Å². The summed E-state index contributed by atoms with van der Waals surface area (Å²) in [7, 11) is 0. The maximum atomic E-state index is 12.5. The molecule has 2 aromatic carbocycles. The largest absolute Gasteiger partial charge is 0.491 e. The molecule has 0 aromatic heterocycles. The summed E-state index contributed by atoms with van der Waals surface area (Å²) >= 11 is 0. The number of carbonyl (C=O) groups excluding carboxylic acids is 2. The molecule has 0 saturated carbocycles. The highest BCUT2D eigenvalue weighted by atomic mass is 16.6. The van der Waals surface area contributed by atoms with Crippen molar-refractivity contribution in [2.24, 2.45) is 0 Å². The quantitative estimate of drug-likeness (QED) is 0.877. The molecule has 4 rings (SSSR count). The highest BCUT2D eigenvalue weighted by Crippen LogP contribution is 2.33. The second kappa shape index (κ2) is 6.35. The van der Waals surface area contributed by atoms with Gasteiger partial charge in [0, 0.05) is 17.3 Å². The Morgan fingerprint density at radius 2 is 1.68 bits per heavy atom. The Labute approximate surface area is 143 Å². The Morgan fingerprint density at radius 3 is 2.56 bits per heavy atom. The van der Waals surface area contributed by atoms with Crippen molar-refractivity contribution >= 4 is 23.2 Å². The highest BCUT2D eigenvalue weighted by Gasteiger charge is 2.17. The molecule has 0 unspecified atom stereocenters. The van der Waals surface area contributed by atoms with Gasteiger partial charge in [-0.3, -0.25) is 9.59 Å². The van der Waals surface area contributed by atoms with Gasteiger partial charge in [0.05, 0.1) is 18.7 Å². The van der Waals surface area contributed by atoms with Gasteiger partial charge in [-0.15, -0.1) is 0 Å². The topological polar surface area (TPSA) is 85.9 Å². The minimum atomic E-state index is -0.294. The van der Waals surface area contributed by atoms with Gasteiger partial charge in [0.2, 0.25) is 5.91 Å². The van der Waals surface area contributed by atoms with Crippen molar-refractivity contribution in [2.75, 3.05) is 30.5 Å². The molecule has 0 atom stereocenters. The Morgan fingerprint density at radius 1 is 0.920 bits per heavy atom. The van der Waals surface area contributed by atoms with E-state index in [4.69, 9.17) is 14.2 Å². The zero-order chi connectivity index (χ0) is 17.2. The molecule has 2 N–H and O–H groups in total. The van der Waals surface area contributed by atoms with E-state index in [9.17, 15) is 9.59 Å². The summed E-state index contributed by atoms with van der Waals surface area (Å²) in [6, 6.07) is 10.2. The molecule has 2 amide bonds. The van der Waals surface area contributed by atoms with E-state index in [1.165, 1.54) is 0 Å². The van der Waals surface area contributed by atoms with Crippen molar-refractivity contribution in [3.63, 3.8) is 0 Å². The predicted octanol–water partition coefficient (Wildman–Crippen LogP) is 2.43. The fraction of sp³-hybridized carbons (Fsp3) is 0.222. The smallest absolute Gasteiger partial charge is 0.255 e. The monoisotopic (exact) mass is 340 g/mol. The molecule has 0 fully saturated rings. The second-order valence-corrected chi connectivity index (χ2v) is 5.67. The molecule has 0 radical (unpaired) electrons. The number of amides is 2. The van der Waals surface area contributed by atoms with Gasteiger partial charge in [0.1, 0.15) is 19.0 Å². The molecular formula is C18H16N2O5. The van der Waals surface area contributed by atoms with E-state index in [1.54, 1.807) is 36.4 Å². The van der Waals surface area contributed by atoms with Crippen LogP contribution in [0.5, 0.6) is 17.2 Å². The van der Waals surface area contributed by atoms with E-state index in [1.807, 2.05) is 0 Å². The molecule has 7 heteroatoms. The number of hydrogen-bond donors (Lipinski definition) is 2. The zero-order valence-corrected chi connectivity index (χ0v) is 13.3. The first-order valence-corrected chi connectivity index (χ1v) is 7.97. The third kappa shape index (κ3) is 3.21. The molecule has 2 aliphatic heterocycles. The number of nitrogens with one attached hydrogen (secondary N) is 2. The average molecular weight is 340 g/mol. The Hall–Kier alpha value is -3.22. The van der Waals surface area contributed by atoms with E-state index in [-0.39, 0.29) is 18.2 Å². The lowest BCUT2D eigenvalue weighted by atomic mass is 10.1. The first-order valence-electron chi connectivity index (χ1n) is 7.97. The van der Waals surface area contributed by atoms with Crippen LogP contribution in [-0.2, 0) is 4.79 Å². The number of anilines is 2. The minimum Gasteiger partial charge on any atom is -0.491 e. The lowest BCUT2D eigenvalue weighted by Gasteiger charge is -2.19. The van der Waals surface area contributed by atoms with Gasteiger partial charge in [-0.1, -0.05) is 0 Å². The molecular weight excluding hydrogens is 324 g/mol. The Kier molecular flexibility index (Phi) is 3.89. The Balaban J connectivity index is 1.54. The summed E-state index contributed by atoms with van der Waals surface area (Å²) in [5.74, 6) is 1.39. The Bertz CT molecular complexity index is 849. The molecule has 0 bridgehead atoms. The second-order valence-electron chi connectivity index (χ2n) is 5.67. The van der Waals surface area contributed by atoms with E-state index in [2.05, 4.69) is 10.6 Å². The average Bonchev–Trinajstić information content (AvgIpc) is 2.81. The molecule has 2 heterocycles. The summed E-state index contributed by atoms with van der Waals surface area (Å²) in [5, 5.41) is 5.56. The molecule has 0 saturated heterocycles. The standard InChI is InChI=1S/C18H16N2O5/c21-17-5-6-23-14-3-1-11(9-13(14)20-17)18(22)19-12-2-4-15-16(10-12)25-8-7-24-15/h1-4,9-10H,5-8H2,(H,19,22)(H,20,21). The summed E-state index contributed by atoms with van der Waals surface area (Å²) in [6.45, 7) is 1.32. The third-order valence-corrected chi connectivity index (χ3v) is 3.90. The number of hydrogen-bond acceptors (Lipinski definition) is 5. The fourth-order valence-electron chi connectivity index (χ4n) is 2.69. The van der Waals surface area contributed by atoms with E-state index >= 15 is 0 Å². The SMILES string of the molecule is O=C1CCOc2ccc(C(=O)Nc3ccc4c(c3)OCCO4)cc2N1. The third-order valence-electron chi connectivity index (χ3n) is 3.90. The van der Waals surface area contributed by atoms with Gasteiger partial charge < -0.3 is 24.8 Å². The van der Waals surface area contributed by atoms with E-state index in [0.29, 0.717) is 54.0 Å². The molecule has 7 nitrogen and oxygen atoms in total. The van der Waals surface area contributed by atoms with Crippen molar-refractivity contribution in [2.45, 2.75) is 6.42 Å². The van der Waals surface area contributed by atoms with Crippen molar-refractivity contribution in [3.05, 3.63) is 42.0 Å². The lowest BCUT2D eigenvalue weighted by molar-refractivity contribution is -0.116. The van der Waals surface area contributed by atoms with Gasteiger partial charge >= 0.3 is 0 Å². The molecule has 0 spiro atoms. The number of rotatable bonds is 2. The summed E-state index contributed by atoms with van der Waals surface area (Å²) in [6.07, 6.45) is 0.285. The van der Waals surface area contributed by atoms with Crippen LogP contribution in [0.15, 0.2) is 36.4 Å². The van der Waals surface area contributed by atoms with Crippen LogP contribution in [0.1, 0.15) is 16.8 Å². The predicted molar refractivity (Wildman–Crippen MR) is 90.6 cm³/mol. The number of benzene rings is 2. The van der Waals surface area contributed by atoms with E-state index < -0.39 is 0 Å². The van der Waals surface area contributed by atoms with Gasteiger partial charge in [-0.2, -0.15) is 0 Å². The number of carbonyl (C=O) groups is 2. The zero-order valence-electron chi connectivity index (χ0n) is 13.3. The number of fused-ring (bicyclic) bond motifs is 2. The number of ether oxygens (including phenoxy) is 3. The molecule has 2 aromatic rings. The fourth-order valence-corrected chi connectivity index (χ4v) is 2.69. The van der Waals surface area contributed by atoms with E-state index in [0.717, 1.165) is 0 Å². The maximum Gasteiger partial charge on any atom is 0.255 e. The van der Waals surface area contributed by atoms with Gasteiger partial charge in [0.25, 0.3) is 5.91 Å². The van der Waals surface area contributed by atoms with Crippen molar-refractivity contribution < 1.29 is 23.8 Å². The van der Waals surface area contributed by atoms with Crippen LogP contribution >= 0.6 is 0 Å². The van der Waals surface area contributed by atoms with Crippen LogP contribution in [0.25, 0.3) is 0 Å². The summed E-state index contributed by atoms with van der Waals surface area (Å²) in [5.41, 5.74) is 1.52. The van der Waals surface area contributed by atoms with Crippen LogP contribution in [-0.4, -0.2) is 31.6 Å². The van der Waals surface area contributed by atoms with Gasteiger partial charge in [-0.25, -0.2) is 0 Å². The lowest BCUT2D eigenvalue weighted by Crippen LogP contribution is -2.16. The molecule has 128 valence electrons. The van der Waals surface area contributed by atoms with Crippen molar-refractivity contribution in [1.29, 1.82) is 0 Å². The van der Waals surface area contributed by atoms with Crippen molar-refractivity contribution in [1.82, 2.24) is 0 Å². The summed E-state index contributed by atoms with van der Waals surface area (Å²) < 4.78 is 16.5. The summed E-state index contributed by atoms with van der Waals surface area (Å²) in [4.78, 5) is 24.1. The molecule has 2 aliphatic rings. The van der Waals surface area contributed by atoms with Gasteiger partial charge in [-0.05, 0) is 30.3 Å².